The molecule has 0 spiro atoms. The van der Waals surface area contributed by atoms with Gasteiger partial charge in [-0.05, 0) is 12.0 Å². The lowest BCUT2D eigenvalue weighted by atomic mass is 10.1. The third-order valence-electron chi connectivity index (χ3n) is 3.53. The van der Waals surface area contributed by atoms with Crippen molar-refractivity contribution in [2.45, 2.75) is 23.6 Å². The van der Waals surface area contributed by atoms with Gasteiger partial charge in [-0.1, -0.05) is 36.4 Å². The lowest BCUT2D eigenvalue weighted by molar-refractivity contribution is -0.139. The number of carboxylic acid groups (broad SMARTS) is 1. The summed E-state index contributed by atoms with van der Waals surface area (Å²) in [6.07, 6.45) is 2.22. The van der Waals surface area contributed by atoms with Crippen LogP contribution in [0.4, 0.5) is 0 Å². The Kier molecular flexibility index (Phi) is 3.89. The Bertz CT molecular complexity index is 659. The molecule has 7 heteroatoms. The summed E-state index contributed by atoms with van der Waals surface area (Å²) in [5.74, 6) is -1.74. The Morgan fingerprint density at radius 1 is 1.32 bits per heavy atom. The van der Waals surface area contributed by atoms with Gasteiger partial charge in [0.2, 0.25) is 5.91 Å². The number of aliphatic carboxylic acids is 1. The number of carbonyl (C=O) groups excluding carboxylic acids is 2. The highest BCUT2D eigenvalue weighted by Crippen LogP contribution is 2.39. The quantitative estimate of drug-likeness (QED) is 0.863. The van der Waals surface area contributed by atoms with Crippen LogP contribution in [0.15, 0.2) is 42.1 Å². The number of carboxylic acids is 1. The van der Waals surface area contributed by atoms with E-state index in [-0.39, 0.29) is 29.3 Å². The summed E-state index contributed by atoms with van der Waals surface area (Å²) in [5, 5.41) is 10.8. The lowest BCUT2D eigenvalue weighted by Crippen LogP contribution is -2.41. The Morgan fingerprint density at radius 3 is 2.73 bits per heavy atom. The molecule has 2 heterocycles. The topological polar surface area (TPSA) is 86.7 Å². The fraction of sp³-hybridized carbons (Fsp3) is 0.267. The van der Waals surface area contributed by atoms with Crippen LogP contribution >= 0.6 is 11.8 Å². The highest BCUT2D eigenvalue weighted by atomic mass is 32.2. The van der Waals surface area contributed by atoms with Gasteiger partial charge in [-0.25, -0.2) is 4.79 Å². The SMILES string of the molecule is O=C(Cc1ccccc1)N[C@H]1S[C@@H]2CC=C(C(=O)O)N2C1=O. The molecule has 0 bridgehead atoms. The highest BCUT2D eigenvalue weighted by Gasteiger charge is 2.46. The molecule has 3 rings (SSSR count). The van der Waals surface area contributed by atoms with Crippen LogP contribution in [0, 0.1) is 0 Å². The van der Waals surface area contributed by atoms with Crippen molar-refractivity contribution in [3.8, 4) is 0 Å². The van der Waals surface area contributed by atoms with Gasteiger partial charge in [0, 0.05) is 0 Å². The lowest BCUT2D eigenvalue weighted by Gasteiger charge is -2.16. The molecule has 0 radical (unpaired) electrons. The molecular formula is C15H14N2O4S. The van der Waals surface area contributed by atoms with Crippen LogP contribution in [-0.4, -0.2) is 38.5 Å². The van der Waals surface area contributed by atoms with E-state index in [0.717, 1.165) is 5.56 Å². The third-order valence-corrected chi connectivity index (χ3v) is 4.84. The predicted molar refractivity (Wildman–Crippen MR) is 80.6 cm³/mol. The van der Waals surface area contributed by atoms with Gasteiger partial charge in [0.25, 0.3) is 5.91 Å². The minimum Gasteiger partial charge on any atom is -0.477 e. The third kappa shape index (κ3) is 2.71. The molecule has 1 aromatic carbocycles. The van der Waals surface area contributed by atoms with E-state index in [1.165, 1.54) is 16.7 Å². The Balaban J connectivity index is 1.63. The van der Waals surface area contributed by atoms with E-state index in [2.05, 4.69) is 5.32 Å². The van der Waals surface area contributed by atoms with E-state index in [0.29, 0.717) is 6.42 Å². The van der Waals surface area contributed by atoms with Crippen LogP contribution in [0.3, 0.4) is 0 Å². The number of fused-ring (bicyclic) bond motifs is 1. The zero-order chi connectivity index (χ0) is 15.7. The molecule has 0 aliphatic carbocycles. The van der Waals surface area contributed by atoms with Crippen molar-refractivity contribution < 1.29 is 19.5 Å². The van der Waals surface area contributed by atoms with Crippen LogP contribution < -0.4 is 5.32 Å². The minimum atomic E-state index is -1.12. The fourth-order valence-corrected chi connectivity index (χ4v) is 3.84. The number of amides is 2. The molecule has 2 atom stereocenters. The second-order valence-electron chi connectivity index (χ2n) is 5.04. The summed E-state index contributed by atoms with van der Waals surface area (Å²) in [4.78, 5) is 36.7. The van der Waals surface area contributed by atoms with E-state index in [9.17, 15) is 14.4 Å². The molecule has 1 fully saturated rings. The van der Waals surface area contributed by atoms with E-state index < -0.39 is 11.3 Å². The first-order chi connectivity index (χ1) is 10.6. The number of nitrogens with one attached hydrogen (secondary N) is 1. The van der Waals surface area contributed by atoms with Crippen molar-refractivity contribution >= 4 is 29.5 Å². The van der Waals surface area contributed by atoms with Crippen LogP contribution in [0.1, 0.15) is 12.0 Å². The molecule has 6 nitrogen and oxygen atoms in total. The second kappa shape index (κ2) is 5.84. The summed E-state index contributed by atoms with van der Waals surface area (Å²) >= 11 is 1.28. The van der Waals surface area contributed by atoms with Gasteiger partial charge in [-0.15, -0.1) is 11.8 Å². The Hall–Kier alpha value is -2.28. The maximum absolute atomic E-state index is 12.3. The molecule has 22 heavy (non-hydrogen) atoms. The van der Waals surface area contributed by atoms with Gasteiger partial charge in [0.15, 0.2) is 5.37 Å². The molecule has 0 aromatic heterocycles. The summed E-state index contributed by atoms with van der Waals surface area (Å²) in [5.41, 5.74) is 0.865. The zero-order valence-electron chi connectivity index (χ0n) is 11.6. The van der Waals surface area contributed by atoms with E-state index >= 15 is 0 Å². The van der Waals surface area contributed by atoms with Gasteiger partial charge in [0.1, 0.15) is 5.70 Å². The molecule has 2 N–H and O–H groups in total. The average molecular weight is 318 g/mol. The average Bonchev–Trinajstić information content (AvgIpc) is 3.02. The summed E-state index contributed by atoms with van der Waals surface area (Å²) < 4.78 is 0. The van der Waals surface area contributed by atoms with Crippen molar-refractivity contribution in [1.82, 2.24) is 10.2 Å². The van der Waals surface area contributed by atoms with E-state index in [1.54, 1.807) is 6.08 Å². The standard InChI is InChI=1S/C15H14N2O4S/c18-11(8-9-4-2-1-3-5-9)16-13-14(19)17-10(15(20)21)6-7-12(17)22-13/h1-6,12-13H,7-8H2,(H,16,18)(H,20,21)/t12-,13+/m1/s1. The van der Waals surface area contributed by atoms with Gasteiger partial charge in [-0.2, -0.15) is 0 Å². The van der Waals surface area contributed by atoms with Crippen LogP contribution in [0.5, 0.6) is 0 Å². The Morgan fingerprint density at radius 2 is 2.05 bits per heavy atom. The molecule has 1 saturated heterocycles. The van der Waals surface area contributed by atoms with E-state index in [1.807, 2.05) is 30.3 Å². The minimum absolute atomic E-state index is 0.00214. The first-order valence-electron chi connectivity index (χ1n) is 6.81. The van der Waals surface area contributed by atoms with Gasteiger partial charge < -0.3 is 10.4 Å². The molecule has 1 aromatic rings. The zero-order valence-corrected chi connectivity index (χ0v) is 12.4. The number of hydrogen-bond donors (Lipinski definition) is 2. The fourth-order valence-electron chi connectivity index (χ4n) is 2.55. The van der Waals surface area contributed by atoms with Gasteiger partial charge >= 0.3 is 5.97 Å². The summed E-state index contributed by atoms with van der Waals surface area (Å²) in [7, 11) is 0. The molecule has 2 amide bonds. The van der Waals surface area contributed by atoms with Crippen molar-refractivity contribution in [1.29, 1.82) is 0 Å². The molecule has 2 aliphatic heterocycles. The van der Waals surface area contributed by atoms with Crippen LogP contribution in [0.2, 0.25) is 0 Å². The number of rotatable bonds is 4. The smallest absolute Gasteiger partial charge is 0.352 e. The Labute approximate surface area is 131 Å². The van der Waals surface area contributed by atoms with Crippen LogP contribution in [0.25, 0.3) is 0 Å². The van der Waals surface area contributed by atoms with Crippen molar-refractivity contribution in [2.24, 2.45) is 0 Å². The largest absolute Gasteiger partial charge is 0.477 e. The van der Waals surface area contributed by atoms with Crippen molar-refractivity contribution in [3.05, 3.63) is 47.7 Å². The number of benzene rings is 1. The first-order valence-corrected chi connectivity index (χ1v) is 7.76. The number of hydrogen-bond acceptors (Lipinski definition) is 4. The summed E-state index contributed by atoms with van der Waals surface area (Å²) in [6.45, 7) is 0. The molecule has 114 valence electrons. The predicted octanol–water partition coefficient (Wildman–Crippen LogP) is 0.945. The number of carbonyl (C=O) groups is 3. The molecule has 0 saturated carbocycles. The maximum Gasteiger partial charge on any atom is 0.352 e. The number of nitrogens with zero attached hydrogens (tertiary/aromatic N) is 1. The molecule has 2 aliphatic rings. The van der Waals surface area contributed by atoms with E-state index in [4.69, 9.17) is 5.11 Å². The normalized spacial score (nSPS) is 23.2. The maximum atomic E-state index is 12.3. The van der Waals surface area contributed by atoms with Crippen molar-refractivity contribution in [2.75, 3.05) is 0 Å². The van der Waals surface area contributed by atoms with Gasteiger partial charge in [0.05, 0.1) is 11.8 Å². The first kappa shape index (κ1) is 14.6. The molecular weight excluding hydrogens is 304 g/mol. The van der Waals surface area contributed by atoms with Crippen LogP contribution in [-0.2, 0) is 20.8 Å². The van der Waals surface area contributed by atoms with Crippen molar-refractivity contribution in [3.63, 3.8) is 0 Å². The number of thioether (sulfide) groups is 1. The monoisotopic (exact) mass is 318 g/mol. The highest BCUT2D eigenvalue weighted by molar-refractivity contribution is 8.01. The second-order valence-corrected chi connectivity index (χ2v) is 6.33. The van der Waals surface area contributed by atoms with Gasteiger partial charge in [-0.3, -0.25) is 14.5 Å². The molecule has 0 unspecified atom stereocenters. The summed E-state index contributed by atoms with van der Waals surface area (Å²) in [6, 6.07) is 9.24.